The predicted molar refractivity (Wildman–Crippen MR) is 255 cm³/mol. The summed E-state index contributed by atoms with van der Waals surface area (Å²) >= 11 is 0. The zero-order chi connectivity index (χ0) is 46.4. The first kappa shape index (κ1) is 51.3. The Morgan fingerprint density at radius 2 is 1.62 bits per heavy atom. The highest BCUT2D eigenvalue weighted by atomic mass is 16.7. The quantitative estimate of drug-likeness (QED) is 0.0410. The number of carbonyl (C=O) groups is 2. The third kappa shape index (κ3) is 13.5. The molecular weight excluding hydrogens is 821 g/mol. The van der Waals surface area contributed by atoms with Crippen LogP contribution in [0.1, 0.15) is 164 Å². The maximum absolute atomic E-state index is 14.8. The van der Waals surface area contributed by atoms with Gasteiger partial charge in [-0.25, -0.2) is 4.79 Å². The van der Waals surface area contributed by atoms with Gasteiger partial charge in [0.2, 0.25) is 5.79 Å². The molecule has 356 valence electrons. The summed E-state index contributed by atoms with van der Waals surface area (Å²) in [4.78, 5) is 35.8. The lowest BCUT2D eigenvalue weighted by molar-refractivity contribution is -0.254. The molecule has 2 aromatic rings. The molecule has 2 aliphatic carbocycles. The van der Waals surface area contributed by atoms with E-state index >= 15 is 0 Å². The summed E-state index contributed by atoms with van der Waals surface area (Å²) in [7, 11) is 0. The number of hydrogen-bond acceptors (Lipinski definition) is 10. The Balaban J connectivity index is 1.55. The number of ether oxygens (including phenoxy) is 3. The molecule has 0 aromatic heterocycles. The number of fused-ring (bicyclic) bond motifs is 2. The number of nitriles is 1. The van der Waals surface area contributed by atoms with E-state index in [-0.39, 0.29) is 49.9 Å². The Hall–Kier alpha value is -4.70. The number of aliphatic hydroxyl groups is 2. The van der Waals surface area contributed by atoms with Crippen LogP contribution in [-0.4, -0.2) is 84.2 Å². The molecule has 0 saturated heterocycles. The van der Waals surface area contributed by atoms with E-state index in [1.165, 1.54) is 44.9 Å². The largest absolute Gasteiger partial charge is 0.459 e. The molecular formula is C53H76N4O8. The van der Waals surface area contributed by atoms with E-state index < -0.39 is 23.8 Å². The van der Waals surface area contributed by atoms with Crippen molar-refractivity contribution in [3.63, 3.8) is 0 Å². The summed E-state index contributed by atoms with van der Waals surface area (Å²) < 4.78 is 20.4. The molecule has 0 unspecified atom stereocenters. The average Bonchev–Trinajstić information content (AvgIpc) is 3.32. The summed E-state index contributed by atoms with van der Waals surface area (Å²) in [6, 6.07) is 13.7. The number of aliphatic hydroxyl groups excluding tert-OH is 2. The minimum Gasteiger partial charge on any atom is -0.459 e. The van der Waals surface area contributed by atoms with E-state index in [4.69, 9.17) is 24.2 Å². The van der Waals surface area contributed by atoms with Gasteiger partial charge in [-0.15, -0.1) is 6.58 Å². The Bertz CT molecular complexity index is 1910. The standard InChI is InChI=1S/C53H76N4O8/c1-5-9-10-11-12-13-14-15-16-19-30-55-52(61)64-42-28-29-47-45(36-42)49-43(23-18-21-33-59)41(22-17-20-32-58)35-44-46(56-63-8-4)37-48(53(65-47,50(44)49)62-34-7-3)57(31-6-2)51(60)40-26-24-39(38-54)25-27-40/h7,24-29,35-36,41,43,48-50,58-59H,3,5-6,8-23,30-34,37H2,1-2,4H3,(H,55,61)/t41-,43+,48-,49+,50+,53+/m0/s1. The van der Waals surface area contributed by atoms with Crippen LogP contribution in [0, 0.1) is 29.1 Å². The minimum absolute atomic E-state index is 0.0183. The molecule has 0 radical (unpaired) electrons. The molecule has 0 spiro atoms. The zero-order valence-corrected chi connectivity index (χ0v) is 39.4. The number of allylic oxidation sites excluding steroid dienone is 1. The van der Waals surface area contributed by atoms with Gasteiger partial charge in [-0.05, 0) is 105 Å². The fourth-order valence-corrected chi connectivity index (χ4v) is 10.3. The molecule has 3 N–H and O–H groups in total. The monoisotopic (exact) mass is 897 g/mol. The fourth-order valence-electron chi connectivity index (χ4n) is 10.3. The molecule has 65 heavy (non-hydrogen) atoms. The molecule has 0 bridgehead atoms. The first-order chi connectivity index (χ1) is 31.8. The highest BCUT2D eigenvalue weighted by Gasteiger charge is 2.65. The van der Waals surface area contributed by atoms with Crippen LogP contribution in [0.25, 0.3) is 0 Å². The normalized spacial score (nSPS) is 22.4. The highest BCUT2D eigenvalue weighted by Crippen LogP contribution is 2.62. The number of oxime groups is 1. The van der Waals surface area contributed by atoms with Crippen molar-refractivity contribution < 1.29 is 38.9 Å². The lowest BCUT2D eigenvalue weighted by Crippen LogP contribution is -2.70. The Morgan fingerprint density at radius 1 is 0.923 bits per heavy atom. The van der Waals surface area contributed by atoms with Crippen molar-refractivity contribution >= 4 is 17.7 Å². The van der Waals surface area contributed by atoms with Crippen LogP contribution in [0.3, 0.4) is 0 Å². The molecule has 12 nitrogen and oxygen atoms in total. The van der Waals surface area contributed by atoms with E-state index in [1.807, 2.05) is 30.9 Å². The van der Waals surface area contributed by atoms with Gasteiger partial charge in [-0.1, -0.05) is 102 Å². The van der Waals surface area contributed by atoms with Crippen molar-refractivity contribution in [3.05, 3.63) is 83.5 Å². The van der Waals surface area contributed by atoms with Gasteiger partial charge in [0.1, 0.15) is 24.1 Å². The van der Waals surface area contributed by atoms with Crippen molar-refractivity contribution in [3.8, 4) is 17.6 Å². The Labute approximate surface area is 388 Å². The molecule has 2 aromatic carbocycles. The van der Waals surface area contributed by atoms with Crippen LogP contribution in [-0.2, 0) is 9.57 Å². The topological polar surface area (TPSA) is 163 Å². The first-order valence-corrected chi connectivity index (χ1v) is 24.8. The molecule has 1 saturated carbocycles. The van der Waals surface area contributed by atoms with Gasteiger partial charge in [0.25, 0.3) is 5.91 Å². The second-order valence-corrected chi connectivity index (χ2v) is 17.9. The van der Waals surface area contributed by atoms with Crippen LogP contribution >= 0.6 is 0 Å². The van der Waals surface area contributed by atoms with E-state index in [0.717, 1.165) is 56.1 Å². The van der Waals surface area contributed by atoms with E-state index in [9.17, 15) is 25.1 Å². The molecule has 12 heteroatoms. The van der Waals surface area contributed by atoms with Crippen molar-refractivity contribution in [1.82, 2.24) is 10.2 Å². The second kappa shape index (κ2) is 27.1. The van der Waals surface area contributed by atoms with Gasteiger partial charge in [0, 0.05) is 49.8 Å². The van der Waals surface area contributed by atoms with Crippen molar-refractivity contribution in [2.45, 2.75) is 154 Å². The number of rotatable bonds is 29. The summed E-state index contributed by atoms with van der Waals surface area (Å²) in [5, 5.41) is 37.1. The minimum atomic E-state index is -1.42. The van der Waals surface area contributed by atoms with E-state index in [1.54, 1.807) is 36.4 Å². The summed E-state index contributed by atoms with van der Waals surface area (Å²) in [5.41, 5.74) is 3.42. The molecule has 1 aliphatic heterocycles. The van der Waals surface area contributed by atoms with Gasteiger partial charge in [0.15, 0.2) is 0 Å². The number of carbonyl (C=O) groups excluding carboxylic acids is 2. The van der Waals surface area contributed by atoms with Gasteiger partial charge < -0.3 is 39.5 Å². The number of unbranched alkanes of at least 4 members (excludes halogenated alkanes) is 11. The molecule has 6 atom stereocenters. The SMILES string of the molecule is C=CCO[C@@]12Oc3ccc(OC(=O)NCCCCCCCCCCCC)cc3[C@H]3[C@H](CCCCO)[C@@H](CCCCO)C=C(C(=NOCC)C[C@@H]1N(CCC)C(=O)c1ccc(C#N)cc1)[C@H]32. The maximum atomic E-state index is 14.8. The van der Waals surface area contributed by atoms with Gasteiger partial charge in [-0.3, -0.25) is 4.79 Å². The third-order valence-electron chi connectivity index (χ3n) is 13.3. The first-order valence-electron chi connectivity index (χ1n) is 24.8. The molecule has 2 amide bonds. The molecule has 1 fully saturated rings. The number of nitrogens with one attached hydrogen (secondary N) is 1. The van der Waals surface area contributed by atoms with Gasteiger partial charge in [0.05, 0.1) is 29.9 Å². The lowest BCUT2D eigenvalue weighted by atomic mass is 9.55. The predicted octanol–water partition coefficient (Wildman–Crippen LogP) is 10.8. The zero-order valence-electron chi connectivity index (χ0n) is 39.4. The summed E-state index contributed by atoms with van der Waals surface area (Å²) in [5.74, 6) is -1.34. The maximum Gasteiger partial charge on any atom is 0.412 e. The smallest absolute Gasteiger partial charge is 0.412 e. The van der Waals surface area contributed by atoms with Gasteiger partial charge >= 0.3 is 6.09 Å². The lowest BCUT2D eigenvalue weighted by Gasteiger charge is -2.60. The van der Waals surface area contributed by atoms with Crippen LogP contribution in [0.4, 0.5) is 4.79 Å². The highest BCUT2D eigenvalue weighted by molar-refractivity contribution is 6.03. The number of hydrogen-bond donors (Lipinski definition) is 3. The number of nitrogens with zero attached hydrogens (tertiary/aromatic N) is 3. The third-order valence-corrected chi connectivity index (χ3v) is 13.3. The van der Waals surface area contributed by atoms with Crippen molar-refractivity contribution in [2.24, 2.45) is 22.9 Å². The van der Waals surface area contributed by atoms with E-state index in [0.29, 0.717) is 67.3 Å². The second-order valence-electron chi connectivity index (χ2n) is 17.9. The van der Waals surface area contributed by atoms with Crippen LogP contribution < -0.4 is 14.8 Å². The number of amides is 2. The van der Waals surface area contributed by atoms with Crippen LogP contribution in [0.15, 0.2) is 71.9 Å². The summed E-state index contributed by atoms with van der Waals surface area (Å²) in [6.45, 7) is 11.8. The summed E-state index contributed by atoms with van der Waals surface area (Å²) in [6.07, 6.45) is 21.0. The van der Waals surface area contributed by atoms with Gasteiger partial charge in [-0.2, -0.15) is 5.26 Å². The fraction of sp³-hybridized carbons (Fsp3) is 0.623. The molecule has 1 heterocycles. The Kier molecular flexibility index (Phi) is 21.4. The Morgan fingerprint density at radius 3 is 2.26 bits per heavy atom. The molecule has 3 aliphatic rings. The number of benzene rings is 2. The van der Waals surface area contributed by atoms with Crippen molar-refractivity contribution in [2.75, 3.05) is 39.5 Å². The molecule has 5 rings (SSSR count). The van der Waals surface area contributed by atoms with Crippen LogP contribution in [0.5, 0.6) is 11.5 Å². The van der Waals surface area contributed by atoms with Crippen LogP contribution in [0.2, 0.25) is 0 Å². The van der Waals surface area contributed by atoms with E-state index in [2.05, 4.69) is 31.0 Å². The van der Waals surface area contributed by atoms with Crippen molar-refractivity contribution in [1.29, 1.82) is 5.26 Å². The average molecular weight is 897 g/mol.